The number of hydrogen-bond acceptors (Lipinski definition) is 8. The highest BCUT2D eigenvalue weighted by Gasteiger charge is 2.44. The van der Waals surface area contributed by atoms with Crippen molar-refractivity contribution in [2.45, 2.75) is 25.1 Å². The van der Waals surface area contributed by atoms with Gasteiger partial charge in [0, 0.05) is 23.2 Å². The fourth-order valence-electron chi connectivity index (χ4n) is 4.88. The third-order valence-corrected chi connectivity index (χ3v) is 6.61. The van der Waals surface area contributed by atoms with E-state index in [1.807, 2.05) is 35.2 Å². The Labute approximate surface area is 209 Å². The Morgan fingerprint density at radius 3 is 2.73 bits per heavy atom. The number of para-hydroxylation sites is 1. The molecule has 0 saturated carbocycles. The summed E-state index contributed by atoms with van der Waals surface area (Å²) in [6, 6.07) is 13.2. The first-order valence-electron chi connectivity index (χ1n) is 11.7. The maximum atomic E-state index is 14.9. The maximum Gasteiger partial charge on any atom is 0.366 e. The van der Waals surface area contributed by atoms with Gasteiger partial charge in [-0.05, 0) is 24.6 Å². The molecule has 6 rings (SSSR count). The van der Waals surface area contributed by atoms with Crippen LogP contribution in [-0.4, -0.2) is 48.8 Å². The van der Waals surface area contributed by atoms with Crippen LogP contribution in [0.2, 0.25) is 0 Å². The SMILES string of the molecule is O=c1n(N2CN(c3ccccc3)C=N2)cnn1C[C@H]1CO[C@@](Cn2cncn2)(c2ccc(F)cc2F)C1. The quantitative estimate of drug-likeness (QED) is 0.377. The van der Waals surface area contributed by atoms with Crippen molar-refractivity contribution >= 4 is 12.0 Å². The number of hydrazone groups is 1. The second kappa shape index (κ2) is 9.24. The molecule has 0 unspecified atom stereocenters. The van der Waals surface area contributed by atoms with Crippen LogP contribution in [0.15, 0.2) is 77.4 Å². The number of aromatic nitrogens is 6. The summed E-state index contributed by atoms with van der Waals surface area (Å²) in [5.41, 5.74) is -0.266. The number of rotatable bonds is 7. The molecular formula is C24H23F2N9O2. The van der Waals surface area contributed by atoms with Crippen molar-refractivity contribution in [3.8, 4) is 0 Å². The van der Waals surface area contributed by atoms with Crippen LogP contribution in [-0.2, 0) is 23.4 Å². The van der Waals surface area contributed by atoms with E-state index in [0.717, 1.165) is 11.8 Å². The largest absolute Gasteiger partial charge is 0.368 e. The molecule has 0 spiro atoms. The summed E-state index contributed by atoms with van der Waals surface area (Å²) in [4.78, 5) is 19.0. The number of benzene rings is 2. The molecule has 0 aliphatic carbocycles. The van der Waals surface area contributed by atoms with Crippen LogP contribution in [0, 0.1) is 17.6 Å². The molecule has 11 nitrogen and oxygen atoms in total. The third-order valence-electron chi connectivity index (χ3n) is 6.61. The number of ether oxygens (including phenoxy) is 1. The topological polar surface area (TPSA) is 98.6 Å². The Bertz CT molecular complexity index is 1470. The molecule has 37 heavy (non-hydrogen) atoms. The van der Waals surface area contributed by atoms with Crippen LogP contribution >= 0.6 is 0 Å². The van der Waals surface area contributed by atoms with Crippen molar-refractivity contribution in [2.24, 2.45) is 11.0 Å². The van der Waals surface area contributed by atoms with E-state index >= 15 is 0 Å². The third kappa shape index (κ3) is 4.37. The lowest BCUT2D eigenvalue weighted by molar-refractivity contribution is -0.0205. The number of hydrogen-bond donors (Lipinski definition) is 0. The van der Waals surface area contributed by atoms with Crippen LogP contribution < -0.4 is 15.7 Å². The van der Waals surface area contributed by atoms with Crippen LogP contribution in [0.25, 0.3) is 0 Å². The molecule has 2 atom stereocenters. The van der Waals surface area contributed by atoms with E-state index in [1.165, 1.54) is 45.6 Å². The van der Waals surface area contributed by atoms with Crippen LogP contribution in [0.1, 0.15) is 12.0 Å². The van der Waals surface area contributed by atoms with E-state index < -0.39 is 17.2 Å². The zero-order valence-electron chi connectivity index (χ0n) is 19.6. The second-order valence-corrected chi connectivity index (χ2v) is 9.08. The lowest BCUT2D eigenvalue weighted by Crippen LogP contribution is -2.41. The summed E-state index contributed by atoms with van der Waals surface area (Å²) in [5, 5.41) is 14.2. The van der Waals surface area contributed by atoms with Gasteiger partial charge in [0.2, 0.25) is 0 Å². The highest BCUT2D eigenvalue weighted by atomic mass is 19.1. The Morgan fingerprint density at radius 2 is 1.95 bits per heavy atom. The Balaban J connectivity index is 1.20. The normalized spacial score (nSPS) is 21.3. The van der Waals surface area contributed by atoms with Crippen molar-refractivity contribution < 1.29 is 13.5 Å². The van der Waals surface area contributed by atoms with Gasteiger partial charge >= 0.3 is 5.69 Å². The standard InChI is InChI=1S/C24H23F2N9O2/c25-19-6-7-21(22(26)8-19)24(12-32-14-27-13-28-32)9-18(11-37-24)10-33-23(36)34(16-29-33)35-17-31(15-30-35)20-4-2-1-3-5-20/h1-8,13-16,18H,9-12,17H2/t18-,24-/m0/s1. The first-order valence-corrected chi connectivity index (χ1v) is 11.7. The molecule has 0 radical (unpaired) electrons. The van der Waals surface area contributed by atoms with Gasteiger partial charge in [-0.3, -0.25) is 0 Å². The molecule has 13 heteroatoms. The van der Waals surface area contributed by atoms with Crippen molar-refractivity contribution in [3.05, 3.63) is 95.2 Å². The van der Waals surface area contributed by atoms with Crippen molar-refractivity contribution in [1.82, 2.24) is 29.2 Å². The summed E-state index contributed by atoms with van der Waals surface area (Å²) in [6.07, 6.45) is 6.35. The minimum Gasteiger partial charge on any atom is -0.368 e. The smallest absolute Gasteiger partial charge is 0.366 e. The number of anilines is 1. The van der Waals surface area contributed by atoms with Gasteiger partial charge in [-0.1, -0.05) is 24.3 Å². The first-order chi connectivity index (χ1) is 18.0. The van der Waals surface area contributed by atoms with Gasteiger partial charge in [-0.2, -0.15) is 20.0 Å². The molecule has 0 N–H and O–H groups in total. The van der Waals surface area contributed by atoms with E-state index in [9.17, 15) is 13.6 Å². The molecule has 4 aromatic rings. The van der Waals surface area contributed by atoms with Crippen LogP contribution in [0.3, 0.4) is 0 Å². The minimum atomic E-state index is -1.10. The summed E-state index contributed by atoms with van der Waals surface area (Å²) < 4.78 is 38.9. The molecule has 0 bridgehead atoms. The Hall–Kier alpha value is -4.39. The van der Waals surface area contributed by atoms with Gasteiger partial charge in [0.15, 0.2) is 0 Å². The zero-order chi connectivity index (χ0) is 25.4. The number of nitrogens with zero attached hydrogens (tertiary/aromatic N) is 9. The Kier molecular flexibility index (Phi) is 5.75. The monoisotopic (exact) mass is 507 g/mol. The molecule has 190 valence electrons. The molecule has 2 aliphatic rings. The lowest BCUT2D eigenvalue weighted by atomic mass is 9.86. The van der Waals surface area contributed by atoms with Gasteiger partial charge in [-0.15, -0.1) is 5.10 Å². The summed E-state index contributed by atoms with van der Waals surface area (Å²) in [5.74, 6) is -1.52. The predicted molar refractivity (Wildman–Crippen MR) is 129 cm³/mol. The molecule has 0 amide bonds. The predicted octanol–water partition coefficient (Wildman–Crippen LogP) is 1.91. The summed E-state index contributed by atoms with van der Waals surface area (Å²) in [6.45, 7) is 1.06. The van der Waals surface area contributed by atoms with Gasteiger partial charge < -0.3 is 9.64 Å². The molecule has 1 fully saturated rings. The van der Waals surface area contributed by atoms with Crippen molar-refractivity contribution in [1.29, 1.82) is 0 Å². The van der Waals surface area contributed by atoms with E-state index in [0.29, 0.717) is 13.1 Å². The highest BCUT2D eigenvalue weighted by Crippen LogP contribution is 2.42. The van der Waals surface area contributed by atoms with Gasteiger partial charge in [-0.25, -0.2) is 27.9 Å². The fraction of sp³-hybridized carbons (Fsp3) is 0.292. The molecule has 2 aliphatic heterocycles. The minimum absolute atomic E-state index is 0.156. The zero-order valence-corrected chi connectivity index (χ0v) is 19.6. The average molecular weight is 508 g/mol. The summed E-state index contributed by atoms with van der Waals surface area (Å²) >= 11 is 0. The highest BCUT2D eigenvalue weighted by molar-refractivity contribution is 5.81. The molecule has 2 aromatic carbocycles. The maximum absolute atomic E-state index is 14.9. The molecular weight excluding hydrogens is 484 g/mol. The van der Waals surface area contributed by atoms with Crippen molar-refractivity contribution in [2.75, 3.05) is 23.3 Å². The molecule has 4 heterocycles. The van der Waals surface area contributed by atoms with E-state index in [2.05, 4.69) is 20.3 Å². The second-order valence-electron chi connectivity index (χ2n) is 9.08. The Morgan fingerprint density at radius 1 is 1.08 bits per heavy atom. The van der Waals surface area contributed by atoms with Gasteiger partial charge in [0.05, 0.1) is 19.7 Å². The van der Waals surface area contributed by atoms with E-state index in [-0.39, 0.29) is 36.9 Å². The van der Waals surface area contributed by atoms with Gasteiger partial charge in [0.1, 0.15) is 49.2 Å². The fourth-order valence-corrected chi connectivity index (χ4v) is 4.88. The van der Waals surface area contributed by atoms with Gasteiger partial charge in [0.25, 0.3) is 0 Å². The average Bonchev–Trinajstić information content (AvgIpc) is 3.70. The molecule has 2 aromatic heterocycles. The first kappa shape index (κ1) is 23.0. The number of halogens is 2. The van der Waals surface area contributed by atoms with E-state index in [4.69, 9.17) is 4.74 Å². The van der Waals surface area contributed by atoms with E-state index in [1.54, 1.807) is 11.0 Å². The van der Waals surface area contributed by atoms with Crippen LogP contribution in [0.5, 0.6) is 0 Å². The van der Waals surface area contributed by atoms with Crippen LogP contribution in [0.4, 0.5) is 14.5 Å². The van der Waals surface area contributed by atoms with Crippen molar-refractivity contribution in [3.63, 3.8) is 0 Å². The summed E-state index contributed by atoms with van der Waals surface area (Å²) in [7, 11) is 0. The lowest BCUT2D eigenvalue weighted by Gasteiger charge is -2.29. The molecule has 1 saturated heterocycles.